The number of hydrogen-bond donors (Lipinski definition) is 2. The largest absolute Gasteiger partial charge is 0.386 e. The smallest absolute Gasteiger partial charge is 0.253 e. The Morgan fingerprint density at radius 1 is 1.45 bits per heavy atom. The van der Waals surface area contributed by atoms with Crippen LogP contribution in [0.4, 0.5) is 5.69 Å². The van der Waals surface area contributed by atoms with Crippen LogP contribution in [0.25, 0.3) is 0 Å². The molecule has 0 spiro atoms. The van der Waals surface area contributed by atoms with E-state index in [1.165, 1.54) is 6.42 Å². The number of likely N-dealkylation sites (tertiary alicyclic amines) is 1. The number of pyridine rings is 1. The van der Waals surface area contributed by atoms with E-state index >= 15 is 0 Å². The fourth-order valence-corrected chi connectivity index (χ4v) is 2.67. The molecule has 1 amide bonds. The summed E-state index contributed by atoms with van der Waals surface area (Å²) in [4.78, 5) is 18.8. The summed E-state index contributed by atoms with van der Waals surface area (Å²) in [5.74, 6) is -0.00862. The first-order valence-electron chi connectivity index (χ1n) is 7.39. The van der Waals surface area contributed by atoms with E-state index in [9.17, 15) is 4.79 Å². The van der Waals surface area contributed by atoms with Gasteiger partial charge in [-0.3, -0.25) is 9.78 Å². The number of nitrogens with zero attached hydrogens (tertiary/aromatic N) is 2. The molecule has 1 aromatic heterocycles. The number of rotatable bonds is 5. The molecule has 0 atom stereocenters. The lowest BCUT2D eigenvalue weighted by atomic mass is 10.0. The highest BCUT2D eigenvalue weighted by Gasteiger charge is 2.21. The number of aromatic nitrogens is 1. The summed E-state index contributed by atoms with van der Waals surface area (Å²) in [5.41, 5.74) is 1.44. The van der Waals surface area contributed by atoms with Gasteiger partial charge < -0.3 is 15.5 Å². The second-order valence-corrected chi connectivity index (χ2v) is 5.26. The molecule has 1 aromatic rings. The van der Waals surface area contributed by atoms with Crippen LogP contribution in [0.15, 0.2) is 18.5 Å². The Morgan fingerprint density at radius 2 is 2.20 bits per heavy atom. The van der Waals surface area contributed by atoms with Crippen molar-refractivity contribution in [3.05, 3.63) is 24.0 Å². The summed E-state index contributed by atoms with van der Waals surface area (Å²) in [5, 5.41) is 6.15. The molecule has 2 heterocycles. The maximum atomic E-state index is 12.3. The zero-order chi connectivity index (χ0) is 14.4. The molecule has 0 unspecified atom stereocenters. The maximum Gasteiger partial charge on any atom is 0.253 e. The molecule has 5 heteroatoms. The van der Waals surface area contributed by atoms with Crippen LogP contribution in [-0.2, 0) is 0 Å². The first kappa shape index (κ1) is 14.8. The summed E-state index contributed by atoms with van der Waals surface area (Å²) >= 11 is 0. The molecule has 0 saturated carbocycles. The molecule has 2 rings (SSSR count). The van der Waals surface area contributed by atoms with Gasteiger partial charge in [-0.1, -0.05) is 6.92 Å². The second-order valence-electron chi connectivity index (χ2n) is 5.26. The molecule has 5 nitrogen and oxygen atoms in total. The maximum absolute atomic E-state index is 12.3. The Morgan fingerprint density at radius 3 is 2.85 bits per heavy atom. The summed E-state index contributed by atoms with van der Waals surface area (Å²) in [7, 11) is 1.80. The Kier molecular flexibility index (Phi) is 5.35. The van der Waals surface area contributed by atoms with E-state index in [0.29, 0.717) is 5.56 Å². The molecule has 1 aliphatic rings. The van der Waals surface area contributed by atoms with E-state index < -0.39 is 0 Å². The van der Waals surface area contributed by atoms with Gasteiger partial charge in [0.25, 0.3) is 5.91 Å². The summed E-state index contributed by atoms with van der Waals surface area (Å²) < 4.78 is 0. The minimum Gasteiger partial charge on any atom is -0.386 e. The Balaban J connectivity index is 1.89. The van der Waals surface area contributed by atoms with Crippen LogP contribution < -0.4 is 10.6 Å². The molecule has 110 valence electrons. The van der Waals surface area contributed by atoms with E-state index in [2.05, 4.69) is 27.4 Å². The normalized spacial score (nSPS) is 16.9. The number of nitrogens with one attached hydrogen (secondary N) is 2. The molecular weight excluding hydrogens is 252 g/mol. The number of amides is 1. The van der Waals surface area contributed by atoms with Gasteiger partial charge in [0, 0.05) is 32.4 Å². The Hall–Kier alpha value is -1.62. The minimum absolute atomic E-state index is 0.00862. The summed E-state index contributed by atoms with van der Waals surface area (Å²) in [6, 6.07) is 2.04. The third kappa shape index (κ3) is 3.70. The molecule has 1 aliphatic heterocycles. The molecule has 0 radical (unpaired) electrons. The highest BCUT2D eigenvalue weighted by atomic mass is 16.1. The zero-order valence-electron chi connectivity index (χ0n) is 12.4. The molecule has 1 fully saturated rings. The molecule has 0 aromatic carbocycles. The van der Waals surface area contributed by atoms with Gasteiger partial charge in [-0.25, -0.2) is 0 Å². The monoisotopic (exact) mass is 276 g/mol. The van der Waals surface area contributed by atoms with Crippen molar-refractivity contribution < 1.29 is 4.79 Å². The quantitative estimate of drug-likeness (QED) is 0.860. The van der Waals surface area contributed by atoms with Gasteiger partial charge in [0.1, 0.15) is 0 Å². The zero-order valence-corrected chi connectivity index (χ0v) is 12.4. The van der Waals surface area contributed by atoms with Crippen molar-refractivity contribution in [2.45, 2.75) is 32.2 Å². The van der Waals surface area contributed by atoms with Crippen LogP contribution in [0, 0.1) is 0 Å². The number of carbonyl (C=O) groups excluding carboxylic acids is 1. The Bertz CT molecular complexity index is 441. The minimum atomic E-state index is -0.00862. The molecular formula is C15H24N4O. The van der Waals surface area contributed by atoms with Gasteiger partial charge in [0.05, 0.1) is 17.4 Å². The van der Waals surface area contributed by atoms with Crippen LogP contribution in [0.2, 0.25) is 0 Å². The lowest BCUT2D eigenvalue weighted by Crippen LogP contribution is -2.44. The fourth-order valence-electron chi connectivity index (χ4n) is 2.67. The average Bonchev–Trinajstić information content (AvgIpc) is 2.49. The first-order valence-corrected chi connectivity index (χ1v) is 7.39. The molecule has 2 N–H and O–H groups in total. The number of anilines is 1. The van der Waals surface area contributed by atoms with Crippen LogP contribution in [-0.4, -0.2) is 48.5 Å². The predicted molar refractivity (Wildman–Crippen MR) is 81.0 cm³/mol. The lowest BCUT2D eigenvalue weighted by molar-refractivity contribution is 0.0912. The molecule has 20 heavy (non-hydrogen) atoms. The van der Waals surface area contributed by atoms with E-state index in [1.807, 2.05) is 0 Å². The van der Waals surface area contributed by atoms with Gasteiger partial charge in [-0.15, -0.1) is 0 Å². The third-order valence-electron chi connectivity index (χ3n) is 3.80. The summed E-state index contributed by atoms with van der Waals surface area (Å²) in [6.07, 6.45) is 6.59. The molecule has 1 saturated heterocycles. The first-order chi connectivity index (χ1) is 9.74. The standard InChI is InChI=1S/C15H24N4O/c1-3-8-19-9-5-12(6-10-19)18-15(20)13-4-7-17-11-14(13)16-2/h4,7,11-12,16H,3,5-6,8-10H2,1-2H3,(H,18,20). The number of piperidine rings is 1. The summed E-state index contributed by atoms with van der Waals surface area (Å²) in [6.45, 7) is 5.52. The average molecular weight is 276 g/mol. The van der Waals surface area contributed by atoms with Crippen molar-refractivity contribution in [3.63, 3.8) is 0 Å². The molecule has 0 aliphatic carbocycles. The predicted octanol–water partition coefficient (Wildman–Crippen LogP) is 1.73. The highest BCUT2D eigenvalue weighted by molar-refractivity contribution is 5.99. The van der Waals surface area contributed by atoms with Crippen molar-refractivity contribution >= 4 is 11.6 Å². The van der Waals surface area contributed by atoms with Crippen molar-refractivity contribution in [1.29, 1.82) is 0 Å². The fraction of sp³-hybridized carbons (Fsp3) is 0.600. The van der Waals surface area contributed by atoms with Crippen LogP contribution in [0.1, 0.15) is 36.5 Å². The van der Waals surface area contributed by atoms with Gasteiger partial charge in [0.15, 0.2) is 0 Å². The third-order valence-corrected chi connectivity index (χ3v) is 3.80. The van der Waals surface area contributed by atoms with E-state index in [1.54, 1.807) is 25.5 Å². The van der Waals surface area contributed by atoms with Crippen LogP contribution >= 0.6 is 0 Å². The van der Waals surface area contributed by atoms with Gasteiger partial charge in [-0.05, 0) is 31.9 Å². The van der Waals surface area contributed by atoms with Crippen LogP contribution in [0.3, 0.4) is 0 Å². The lowest BCUT2D eigenvalue weighted by Gasteiger charge is -2.32. The topological polar surface area (TPSA) is 57.3 Å². The van der Waals surface area contributed by atoms with Gasteiger partial charge in [0.2, 0.25) is 0 Å². The van der Waals surface area contributed by atoms with Crippen molar-refractivity contribution in [2.24, 2.45) is 0 Å². The molecule has 0 bridgehead atoms. The highest BCUT2D eigenvalue weighted by Crippen LogP contribution is 2.15. The van der Waals surface area contributed by atoms with Crippen LogP contribution in [0.5, 0.6) is 0 Å². The van der Waals surface area contributed by atoms with Crippen molar-refractivity contribution in [3.8, 4) is 0 Å². The number of hydrogen-bond acceptors (Lipinski definition) is 4. The van der Waals surface area contributed by atoms with Gasteiger partial charge >= 0.3 is 0 Å². The van der Waals surface area contributed by atoms with Crippen molar-refractivity contribution in [1.82, 2.24) is 15.2 Å². The SMILES string of the molecule is CCCN1CCC(NC(=O)c2ccncc2NC)CC1. The Labute approximate surface area is 120 Å². The number of carbonyl (C=O) groups is 1. The van der Waals surface area contributed by atoms with Gasteiger partial charge in [-0.2, -0.15) is 0 Å². The van der Waals surface area contributed by atoms with E-state index in [4.69, 9.17) is 0 Å². The van der Waals surface area contributed by atoms with E-state index in [-0.39, 0.29) is 11.9 Å². The van der Waals surface area contributed by atoms with E-state index in [0.717, 1.165) is 38.2 Å². The van der Waals surface area contributed by atoms with Crippen molar-refractivity contribution in [2.75, 3.05) is 32.0 Å². The second kappa shape index (κ2) is 7.24.